The number of anilines is 1. The van der Waals surface area contributed by atoms with Gasteiger partial charge in [0.25, 0.3) is 0 Å². The van der Waals surface area contributed by atoms with Gasteiger partial charge >= 0.3 is 0 Å². The number of hydrogen-bond acceptors (Lipinski definition) is 3. The summed E-state index contributed by atoms with van der Waals surface area (Å²) >= 11 is 0. The second-order valence-electron chi connectivity index (χ2n) is 4.89. The first-order chi connectivity index (χ1) is 8.83. The average Bonchev–Trinajstić information content (AvgIpc) is 2.41. The second kappa shape index (κ2) is 4.94. The van der Waals surface area contributed by atoms with Crippen molar-refractivity contribution in [3.63, 3.8) is 0 Å². The molecular weight excluding hydrogens is 224 g/mol. The fraction of sp³-hybridized carbons (Fsp3) is 0.400. The second-order valence-corrected chi connectivity index (χ2v) is 4.89. The third kappa shape index (κ3) is 2.31. The van der Waals surface area contributed by atoms with Crippen LogP contribution in [-0.2, 0) is 4.74 Å². The maximum absolute atomic E-state index is 5.51. The summed E-state index contributed by atoms with van der Waals surface area (Å²) in [4.78, 5) is 4.64. The van der Waals surface area contributed by atoms with E-state index in [2.05, 4.69) is 40.6 Å². The van der Waals surface area contributed by atoms with Crippen LogP contribution in [0.5, 0.6) is 0 Å². The number of aromatic nitrogens is 1. The normalized spacial score (nSPS) is 19.9. The van der Waals surface area contributed by atoms with Crippen molar-refractivity contribution in [2.75, 3.05) is 18.5 Å². The highest BCUT2D eigenvalue weighted by Gasteiger charge is 2.14. The summed E-state index contributed by atoms with van der Waals surface area (Å²) in [5.74, 6) is 0. The average molecular weight is 242 g/mol. The van der Waals surface area contributed by atoms with Crippen LogP contribution >= 0.6 is 0 Å². The molecule has 0 radical (unpaired) electrons. The summed E-state index contributed by atoms with van der Waals surface area (Å²) in [7, 11) is 0. The molecule has 0 amide bonds. The lowest BCUT2D eigenvalue weighted by atomic mass is 10.1. The Hall–Kier alpha value is -1.61. The van der Waals surface area contributed by atoms with Crippen molar-refractivity contribution in [2.24, 2.45) is 0 Å². The largest absolute Gasteiger partial charge is 0.379 e. The fourth-order valence-electron chi connectivity index (χ4n) is 2.44. The van der Waals surface area contributed by atoms with Gasteiger partial charge in [-0.15, -0.1) is 0 Å². The van der Waals surface area contributed by atoms with Gasteiger partial charge in [-0.1, -0.05) is 18.2 Å². The summed E-state index contributed by atoms with van der Waals surface area (Å²) in [5, 5.41) is 4.75. The molecule has 1 atom stereocenters. The molecule has 3 nitrogen and oxygen atoms in total. The Labute approximate surface area is 107 Å². The smallest absolute Gasteiger partial charge is 0.0936 e. The summed E-state index contributed by atoms with van der Waals surface area (Å²) in [6.45, 7) is 3.72. The van der Waals surface area contributed by atoms with E-state index >= 15 is 0 Å². The molecule has 1 aromatic heterocycles. The van der Waals surface area contributed by atoms with Crippen molar-refractivity contribution >= 4 is 16.6 Å². The molecule has 1 unspecified atom stereocenters. The molecule has 0 saturated carbocycles. The molecule has 1 aromatic carbocycles. The zero-order valence-corrected chi connectivity index (χ0v) is 10.6. The Kier molecular flexibility index (Phi) is 3.15. The molecule has 1 aliphatic rings. The first-order valence-corrected chi connectivity index (χ1v) is 6.53. The predicted molar refractivity (Wildman–Crippen MR) is 73.9 cm³/mol. The number of pyridine rings is 1. The van der Waals surface area contributed by atoms with Gasteiger partial charge in [-0.3, -0.25) is 4.98 Å². The monoisotopic (exact) mass is 242 g/mol. The van der Waals surface area contributed by atoms with Gasteiger partial charge in [0.2, 0.25) is 0 Å². The van der Waals surface area contributed by atoms with Crippen molar-refractivity contribution < 1.29 is 4.74 Å². The number of nitrogens with zero attached hydrogens (tertiary/aromatic N) is 1. The van der Waals surface area contributed by atoms with Gasteiger partial charge in [0.05, 0.1) is 17.8 Å². The number of ether oxygens (including phenoxy) is 1. The Morgan fingerprint density at radius 2 is 2.22 bits per heavy atom. The van der Waals surface area contributed by atoms with Gasteiger partial charge in [0, 0.05) is 23.7 Å². The van der Waals surface area contributed by atoms with E-state index in [1.54, 1.807) is 0 Å². The van der Waals surface area contributed by atoms with Gasteiger partial charge in [-0.2, -0.15) is 0 Å². The summed E-state index contributed by atoms with van der Waals surface area (Å²) in [5.41, 5.74) is 3.23. The molecule has 3 rings (SSSR count). The molecular formula is C15H18N2O. The van der Waals surface area contributed by atoms with Crippen LogP contribution in [0.1, 0.15) is 18.5 Å². The van der Waals surface area contributed by atoms with Crippen LogP contribution < -0.4 is 5.32 Å². The highest BCUT2D eigenvalue weighted by molar-refractivity contribution is 5.90. The lowest BCUT2D eigenvalue weighted by molar-refractivity contribution is 0.0876. The third-order valence-corrected chi connectivity index (χ3v) is 3.38. The molecule has 2 heterocycles. The van der Waals surface area contributed by atoms with Crippen molar-refractivity contribution in [3.05, 3.63) is 36.0 Å². The van der Waals surface area contributed by atoms with Gasteiger partial charge in [0.1, 0.15) is 0 Å². The molecule has 0 aliphatic carbocycles. The quantitative estimate of drug-likeness (QED) is 0.878. The van der Waals surface area contributed by atoms with E-state index in [9.17, 15) is 0 Å². The third-order valence-electron chi connectivity index (χ3n) is 3.38. The van der Waals surface area contributed by atoms with Crippen LogP contribution in [0.15, 0.2) is 30.3 Å². The number of benzene rings is 1. The highest BCUT2D eigenvalue weighted by atomic mass is 16.5. The van der Waals surface area contributed by atoms with Crippen LogP contribution in [0.2, 0.25) is 0 Å². The Morgan fingerprint density at radius 3 is 3.06 bits per heavy atom. The van der Waals surface area contributed by atoms with Crippen molar-refractivity contribution in [1.29, 1.82) is 0 Å². The first-order valence-electron chi connectivity index (χ1n) is 6.53. The lowest BCUT2D eigenvalue weighted by Gasteiger charge is -2.24. The van der Waals surface area contributed by atoms with Crippen LogP contribution in [0.4, 0.5) is 5.69 Å². The SMILES string of the molecule is Cc1ccc2cccc(NC3CCCOC3)c2n1. The van der Waals surface area contributed by atoms with E-state index in [1.165, 1.54) is 11.8 Å². The predicted octanol–water partition coefficient (Wildman–Crippen LogP) is 3.13. The zero-order valence-electron chi connectivity index (χ0n) is 10.6. The molecule has 1 fully saturated rings. The molecule has 1 aliphatic heterocycles. The number of hydrogen-bond donors (Lipinski definition) is 1. The zero-order chi connectivity index (χ0) is 12.4. The molecule has 1 N–H and O–H groups in total. The molecule has 3 heteroatoms. The number of aryl methyl sites for hydroxylation is 1. The number of nitrogens with one attached hydrogen (secondary N) is 1. The van der Waals surface area contributed by atoms with E-state index in [0.717, 1.165) is 36.5 Å². The van der Waals surface area contributed by atoms with Gasteiger partial charge in [0.15, 0.2) is 0 Å². The maximum atomic E-state index is 5.51. The minimum atomic E-state index is 0.409. The summed E-state index contributed by atoms with van der Waals surface area (Å²) in [6.07, 6.45) is 2.30. The summed E-state index contributed by atoms with van der Waals surface area (Å²) < 4.78 is 5.51. The Balaban J connectivity index is 1.92. The van der Waals surface area contributed by atoms with Gasteiger partial charge < -0.3 is 10.1 Å². The van der Waals surface area contributed by atoms with E-state index in [-0.39, 0.29) is 0 Å². The minimum absolute atomic E-state index is 0.409. The fourth-order valence-corrected chi connectivity index (χ4v) is 2.44. The number of para-hydroxylation sites is 1. The van der Waals surface area contributed by atoms with Crippen molar-refractivity contribution in [3.8, 4) is 0 Å². The lowest BCUT2D eigenvalue weighted by Crippen LogP contribution is -2.30. The molecule has 1 saturated heterocycles. The molecule has 0 bridgehead atoms. The van der Waals surface area contributed by atoms with Crippen molar-refractivity contribution in [1.82, 2.24) is 4.98 Å². The Morgan fingerprint density at radius 1 is 1.28 bits per heavy atom. The topological polar surface area (TPSA) is 34.1 Å². The minimum Gasteiger partial charge on any atom is -0.379 e. The first kappa shape index (κ1) is 11.5. The van der Waals surface area contributed by atoms with Crippen LogP contribution in [0, 0.1) is 6.92 Å². The van der Waals surface area contributed by atoms with E-state index in [0.29, 0.717) is 6.04 Å². The summed E-state index contributed by atoms with van der Waals surface area (Å²) in [6, 6.07) is 10.9. The maximum Gasteiger partial charge on any atom is 0.0936 e. The van der Waals surface area contributed by atoms with Crippen LogP contribution in [-0.4, -0.2) is 24.2 Å². The molecule has 94 valence electrons. The van der Waals surface area contributed by atoms with Crippen LogP contribution in [0.25, 0.3) is 10.9 Å². The highest BCUT2D eigenvalue weighted by Crippen LogP contribution is 2.23. The molecule has 2 aromatic rings. The standard InChI is InChI=1S/C15H18N2O/c1-11-7-8-12-4-2-6-14(15(12)16-11)17-13-5-3-9-18-10-13/h2,4,6-8,13,17H,3,5,9-10H2,1H3. The van der Waals surface area contributed by atoms with Crippen molar-refractivity contribution in [2.45, 2.75) is 25.8 Å². The molecule has 0 spiro atoms. The van der Waals surface area contributed by atoms with Crippen LogP contribution in [0.3, 0.4) is 0 Å². The van der Waals surface area contributed by atoms with E-state index in [1.807, 2.05) is 6.92 Å². The number of rotatable bonds is 2. The Bertz CT molecular complexity index is 547. The van der Waals surface area contributed by atoms with E-state index < -0.39 is 0 Å². The van der Waals surface area contributed by atoms with Gasteiger partial charge in [-0.05, 0) is 31.9 Å². The number of fused-ring (bicyclic) bond motifs is 1. The van der Waals surface area contributed by atoms with E-state index in [4.69, 9.17) is 4.74 Å². The molecule has 18 heavy (non-hydrogen) atoms. The van der Waals surface area contributed by atoms with Gasteiger partial charge in [-0.25, -0.2) is 0 Å².